The van der Waals surface area contributed by atoms with Crippen LogP contribution in [0.2, 0.25) is 5.02 Å². The highest BCUT2D eigenvalue weighted by molar-refractivity contribution is 6.31. The van der Waals surface area contributed by atoms with Crippen molar-refractivity contribution in [1.82, 2.24) is 10.4 Å². The van der Waals surface area contributed by atoms with E-state index in [-0.39, 0.29) is 6.04 Å². The molecule has 20 heavy (non-hydrogen) atoms. The highest BCUT2D eigenvalue weighted by Crippen LogP contribution is 2.32. The Balaban J connectivity index is 2.39. The predicted molar refractivity (Wildman–Crippen MR) is 80.6 cm³/mol. The van der Waals surface area contributed by atoms with Crippen LogP contribution in [0.4, 0.5) is 0 Å². The molecule has 0 saturated carbocycles. The van der Waals surface area contributed by atoms with E-state index in [4.69, 9.17) is 22.2 Å². The van der Waals surface area contributed by atoms with Gasteiger partial charge in [0, 0.05) is 18.0 Å². The molecule has 0 radical (unpaired) electrons. The van der Waals surface area contributed by atoms with Gasteiger partial charge in [-0.25, -0.2) is 5.43 Å². The molecule has 0 fully saturated rings. The average Bonchev–Trinajstić information content (AvgIpc) is 2.49. The summed E-state index contributed by atoms with van der Waals surface area (Å²) in [6.45, 7) is 2.74. The fourth-order valence-electron chi connectivity index (χ4n) is 2.03. The summed E-state index contributed by atoms with van der Waals surface area (Å²) >= 11 is 6.21. The highest BCUT2D eigenvalue weighted by Gasteiger charge is 2.19. The van der Waals surface area contributed by atoms with Gasteiger partial charge in [-0.3, -0.25) is 10.8 Å². The first-order chi connectivity index (χ1) is 9.77. The van der Waals surface area contributed by atoms with Gasteiger partial charge < -0.3 is 4.74 Å². The lowest BCUT2D eigenvalue weighted by Gasteiger charge is -2.21. The fourth-order valence-corrected chi connectivity index (χ4v) is 2.26. The first-order valence-electron chi connectivity index (χ1n) is 6.55. The maximum atomic E-state index is 6.21. The van der Waals surface area contributed by atoms with Crippen LogP contribution < -0.4 is 16.0 Å². The minimum atomic E-state index is -0.237. The second kappa shape index (κ2) is 7.24. The quantitative estimate of drug-likeness (QED) is 0.634. The van der Waals surface area contributed by atoms with Crippen LogP contribution in [0.3, 0.4) is 0 Å². The number of aromatic nitrogens is 1. The normalized spacial score (nSPS) is 12.2. The van der Waals surface area contributed by atoms with Gasteiger partial charge in [0.1, 0.15) is 5.75 Å². The van der Waals surface area contributed by atoms with Gasteiger partial charge in [-0.15, -0.1) is 0 Å². The molecule has 1 aromatic heterocycles. The van der Waals surface area contributed by atoms with Crippen molar-refractivity contribution in [3.63, 3.8) is 0 Å². The molecule has 3 N–H and O–H groups in total. The first kappa shape index (κ1) is 14.8. The summed E-state index contributed by atoms with van der Waals surface area (Å²) in [5.41, 5.74) is 4.63. The number of halogens is 1. The Hall–Kier alpha value is -1.62. The van der Waals surface area contributed by atoms with Gasteiger partial charge in [0.2, 0.25) is 0 Å². The molecule has 0 saturated heterocycles. The van der Waals surface area contributed by atoms with Gasteiger partial charge in [-0.2, -0.15) is 0 Å². The molecule has 106 valence electrons. The van der Waals surface area contributed by atoms with Crippen molar-refractivity contribution in [2.45, 2.75) is 19.4 Å². The third kappa shape index (κ3) is 3.28. The minimum Gasteiger partial charge on any atom is -0.493 e. The molecule has 0 aliphatic carbocycles. The molecule has 0 aliphatic heterocycles. The molecule has 2 aromatic rings. The third-order valence-corrected chi connectivity index (χ3v) is 3.29. The van der Waals surface area contributed by atoms with Crippen molar-refractivity contribution in [2.75, 3.05) is 6.61 Å². The van der Waals surface area contributed by atoms with E-state index in [9.17, 15) is 0 Å². The van der Waals surface area contributed by atoms with E-state index in [1.165, 1.54) is 0 Å². The molecular weight excluding hydrogens is 274 g/mol. The van der Waals surface area contributed by atoms with Gasteiger partial charge in [-0.1, -0.05) is 36.7 Å². The molecule has 0 aliphatic rings. The molecule has 2 rings (SSSR count). The topological polar surface area (TPSA) is 60.2 Å². The Morgan fingerprint density at radius 2 is 2.10 bits per heavy atom. The summed E-state index contributed by atoms with van der Waals surface area (Å²) < 4.78 is 5.78. The zero-order chi connectivity index (χ0) is 14.4. The molecule has 0 spiro atoms. The Labute approximate surface area is 123 Å². The summed E-state index contributed by atoms with van der Waals surface area (Å²) in [4.78, 5) is 4.00. The Bertz CT molecular complexity index is 562. The number of nitrogens with one attached hydrogen (secondary N) is 1. The monoisotopic (exact) mass is 291 g/mol. The molecule has 1 aromatic carbocycles. The average molecular weight is 292 g/mol. The van der Waals surface area contributed by atoms with Crippen LogP contribution in [0.25, 0.3) is 0 Å². The van der Waals surface area contributed by atoms with Gasteiger partial charge in [0.05, 0.1) is 17.7 Å². The van der Waals surface area contributed by atoms with Crippen molar-refractivity contribution in [2.24, 2.45) is 5.84 Å². The van der Waals surface area contributed by atoms with Crippen molar-refractivity contribution in [3.05, 3.63) is 58.9 Å². The van der Waals surface area contributed by atoms with Crippen molar-refractivity contribution in [1.29, 1.82) is 0 Å². The van der Waals surface area contributed by atoms with E-state index in [1.807, 2.05) is 30.3 Å². The number of nitrogens with zero attached hydrogens (tertiary/aromatic N) is 1. The van der Waals surface area contributed by atoms with Crippen LogP contribution in [0.5, 0.6) is 5.75 Å². The number of ether oxygens (including phenoxy) is 1. The van der Waals surface area contributed by atoms with E-state index in [0.29, 0.717) is 11.6 Å². The standard InChI is InChI=1S/C15H18ClN3O/c1-2-9-20-14-6-4-3-5-12(14)15(19-17)11-7-8-18-10-13(11)16/h3-8,10,15,19H,2,9,17H2,1H3. The largest absolute Gasteiger partial charge is 0.493 e. The number of benzene rings is 1. The predicted octanol–water partition coefficient (Wildman–Crippen LogP) is 3.08. The lowest BCUT2D eigenvalue weighted by Crippen LogP contribution is -2.29. The van der Waals surface area contributed by atoms with E-state index in [0.717, 1.165) is 23.3 Å². The molecule has 0 bridgehead atoms. The van der Waals surface area contributed by atoms with Crippen LogP contribution >= 0.6 is 11.6 Å². The lowest BCUT2D eigenvalue weighted by atomic mass is 9.99. The summed E-state index contributed by atoms with van der Waals surface area (Å²) in [6, 6.07) is 9.42. The van der Waals surface area contributed by atoms with Crippen molar-refractivity contribution < 1.29 is 4.74 Å². The number of para-hydroxylation sites is 1. The number of nitrogens with two attached hydrogens (primary N) is 1. The van der Waals surface area contributed by atoms with Gasteiger partial charge in [-0.05, 0) is 24.1 Å². The van der Waals surface area contributed by atoms with Gasteiger partial charge in [0.25, 0.3) is 0 Å². The van der Waals surface area contributed by atoms with Crippen LogP contribution in [0, 0.1) is 0 Å². The number of rotatable bonds is 6. The number of hydrogen-bond acceptors (Lipinski definition) is 4. The number of pyridine rings is 1. The van der Waals surface area contributed by atoms with Crippen LogP contribution in [-0.2, 0) is 0 Å². The maximum Gasteiger partial charge on any atom is 0.124 e. The second-order valence-corrected chi connectivity index (χ2v) is 4.79. The summed E-state index contributed by atoms with van der Waals surface area (Å²) in [7, 11) is 0. The zero-order valence-electron chi connectivity index (χ0n) is 11.3. The smallest absolute Gasteiger partial charge is 0.124 e. The van der Waals surface area contributed by atoms with Gasteiger partial charge >= 0.3 is 0 Å². The maximum absolute atomic E-state index is 6.21. The SMILES string of the molecule is CCCOc1ccccc1C(NN)c1ccncc1Cl. The summed E-state index contributed by atoms with van der Waals surface area (Å²) in [6.07, 6.45) is 4.25. The van der Waals surface area contributed by atoms with Gasteiger partial charge in [0.15, 0.2) is 0 Å². The van der Waals surface area contributed by atoms with E-state index >= 15 is 0 Å². The molecule has 0 amide bonds. The Morgan fingerprint density at radius 3 is 2.80 bits per heavy atom. The van der Waals surface area contributed by atoms with Crippen molar-refractivity contribution >= 4 is 11.6 Å². The summed E-state index contributed by atoms with van der Waals surface area (Å²) in [5, 5.41) is 0.570. The first-order valence-corrected chi connectivity index (χ1v) is 6.93. The molecule has 1 heterocycles. The van der Waals surface area contributed by atoms with E-state index in [1.54, 1.807) is 12.4 Å². The molecule has 1 unspecified atom stereocenters. The molecule has 4 nitrogen and oxygen atoms in total. The summed E-state index contributed by atoms with van der Waals surface area (Å²) in [5.74, 6) is 6.53. The van der Waals surface area contributed by atoms with E-state index < -0.39 is 0 Å². The van der Waals surface area contributed by atoms with Crippen LogP contribution in [0.1, 0.15) is 30.5 Å². The third-order valence-electron chi connectivity index (χ3n) is 2.97. The molecule has 5 heteroatoms. The van der Waals surface area contributed by atoms with Crippen LogP contribution in [-0.4, -0.2) is 11.6 Å². The Morgan fingerprint density at radius 1 is 1.30 bits per heavy atom. The second-order valence-electron chi connectivity index (χ2n) is 4.38. The highest BCUT2D eigenvalue weighted by atomic mass is 35.5. The molecule has 1 atom stereocenters. The minimum absolute atomic E-state index is 0.237. The van der Waals surface area contributed by atoms with Crippen LogP contribution in [0.15, 0.2) is 42.7 Å². The number of hydrazine groups is 1. The number of hydrogen-bond donors (Lipinski definition) is 2. The zero-order valence-corrected chi connectivity index (χ0v) is 12.1. The Kier molecular flexibility index (Phi) is 5.35. The fraction of sp³-hybridized carbons (Fsp3) is 0.267. The van der Waals surface area contributed by atoms with Crippen molar-refractivity contribution in [3.8, 4) is 5.75 Å². The molecular formula is C15H18ClN3O. The lowest BCUT2D eigenvalue weighted by molar-refractivity contribution is 0.311. The van der Waals surface area contributed by atoms with E-state index in [2.05, 4.69) is 17.3 Å².